The summed E-state index contributed by atoms with van der Waals surface area (Å²) >= 11 is 0. The number of methoxy groups -OCH3 is 1. The van der Waals surface area contributed by atoms with Crippen molar-refractivity contribution in [3.05, 3.63) is 36.7 Å². The molecule has 3 aromatic rings. The van der Waals surface area contributed by atoms with Crippen molar-refractivity contribution in [3.63, 3.8) is 0 Å². The lowest BCUT2D eigenvalue weighted by Crippen LogP contribution is -2.45. The molecule has 0 saturated carbocycles. The van der Waals surface area contributed by atoms with Crippen LogP contribution in [-0.2, 0) is 0 Å². The molecule has 1 aliphatic heterocycles. The zero-order chi connectivity index (χ0) is 17.9. The summed E-state index contributed by atoms with van der Waals surface area (Å²) < 4.78 is 5.21. The second kappa shape index (κ2) is 7.09. The van der Waals surface area contributed by atoms with Gasteiger partial charge in [-0.2, -0.15) is 9.97 Å². The van der Waals surface area contributed by atoms with Crippen LogP contribution in [0.15, 0.2) is 36.7 Å². The van der Waals surface area contributed by atoms with E-state index >= 15 is 0 Å². The maximum atomic E-state index is 5.21. The van der Waals surface area contributed by atoms with E-state index in [-0.39, 0.29) is 0 Å². The van der Waals surface area contributed by atoms with E-state index in [1.807, 2.05) is 24.3 Å². The summed E-state index contributed by atoms with van der Waals surface area (Å²) in [7, 11) is 3.78. The highest BCUT2D eigenvalue weighted by Gasteiger charge is 2.19. The van der Waals surface area contributed by atoms with Crippen LogP contribution in [0, 0.1) is 0 Å². The van der Waals surface area contributed by atoms with E-state index in [1.54, 1.807) is 19.5 Å². The number of fused-ring (bicyclic) bond motifs is 1. The molecule has 1 saturated heterocycles. The molecule has 0 spiro atoms. The lowest BCUT2D eigenvalue weighted by molar-refractivity contribution is 0.311. The highest BCUT2D eigenvalue weighted by Crippen LogP contribution is 2.25. The molecule has 0 radical (unpaired) electrons. The lowest BCUT2D eigenvalue weighted by Gasteiger charge is -2.32. The van der Waals surface area contributed by atoms with E-state index in [9.17, 15) is 0 Å². The van der Waals surface area contributed by atoms with E-state index in [1.165, 1.54) is 0 Å². The zero-order valence-electron chi connectivity index (χ0n) is 14.9. The van der Waals surface area contributed by atoms with Crippen LogP contribution in [0.25, 0.3) is 11.2 Å². The van der Waals surface area contributed by atoms with E-state index in [0.29, 0.717) is 22.9 Å². The van der Waals surface area contributed by atoms with Gasteiger partial charge in [0.05, 0.1) is 7.11 Å². The number of hydrogen-bond acceptors (Lipinski definition) is 8. The van der Waals surface area contributed by atoms with Crippen LogP contribution in [0.3, 0.4) is 0 Å². The summed E-state index contributed by atoms with van der Waals surface area (Å²) in [5.74, 6) is 2.14. The number of piperazine rings is 1. The average molecular weight is 351 g/mol. The standard InChI is InChI=1S/C18H21N7O/c1-24-9-11-25(12-10-24)18-22-16-15(19-7-8-20-16)17(23-18)21-13-3-5-14(26-2)6-4-13/h3-8H,9-12H2,1-2H3,(H,20,21,22,23). The number of aromatic nitrogens is 4. The van der Waals surface area contributed by atoms with Gasteiger partial charge in [0, 0.05) is 44.3 Å². The molecule has 26 heavy (non-hydrogen) atoms. The van der Waals surface area contributed by atoms with Gasteiger partial charge in [0.2, 0.25) is 5.95 Å². The normalized spacial score (nSPS) is 15.2. The molecular formula is C18H21N7O. The first-order valence-electron chi connectivity index (χ1n) is 8.56. The predicted molar refractivity (Wildman–Crippen MR) is 101 cm³/mol. The minimum atomic E-state index is 0.590. The Bertz CT molecular complexity index is 892. The van der Waals surface area contributed by atoms with Crippen molar-refractivity contribution in [2.75, 3.05) is 50.6 Å². The minimum absolute atomic E-state index is 0.590. The summed E-state index contributed by atoms with van der Waals surface area (Å²) in [6, 6.07) is 7.69. The summed E-state index contributed by atoms with van der Waals surface area (Å²) in [5, 5.41) is 3.34. The van der Waals surface area contributed by atoms with Crippen molar-refractivity contribution < 1.29 is 4.74 Å². The summed E-state index contributed by atoms with van der Waals surface area (Å²) in [5.41, 5.74) is 2.15. The third kappa shape index (κ3) is 3.36. The molecule has 3 heterocycles. The number of likely N-dealkylation sites (N-methyl/N-ethyl adjacent to an activating group) is 1. The quantitative estimate of drug-likeness (QED) is 0.764. The molecule has 0 bridgehead atoms. The highest BCUT2D eigenvalue weighted by molar-refractivity contribution is 5.85. The molecule has 8 heteroatoms. The van der Waals surface area contributed by atoms with Crippen LogP contribution in [0.2, 0.25) is 0 Å². The minimum Gasteiger partial charge on any atom is -0.497 e. The smallest absolute Gasteiger partial charge is 0.229 e. The SMILES string of the molecule is COc1ccc(Nc2nc(N3CCN(C)CC3)nc3nccnc23)cc1. The van der Waals surface area contributed by atoms with Crippen molar-refractivity contribution in [2.45, 2.75) is 0 Å². The van der Waals surface area contributed by atoms with Crippen molar-refractivity contribution in [1.29, 1.82) is 0 Å². The lowest BCUT2D eigenvalue weighted by atomic mass is 10.3. The molecule has 1 N–H and O–H groups in total. The number of ether oxygens (including phenoxy) is 1. The Hall–Kier alpha value is -3.00. The van der Waals surface area contributed by atoms with Crippen LogP contribution in [0.1, 0.15) is 0 Å². The van der Waals surface area contributed by atoms with E-state index in [0.717, 1.165) is 37.6 Å². The molecule has 2 aromatic heterocycles. The van der Waals surface area contributed by atoms with Gasteiger partial charge in [-0.25, -0.2) is 9.97 Å². The number of nitrogens with one attached hydrogen (secondary N) is 1. The van der Waals surface area contributed by atoms with Crippen molar-refractivity contribution in [1.82, 2.24) is 24.8 Å². The van der Waals surface area contributed by atoms with E-state index < -0.39 is 0 Å². The van der Waals surface area contributed by atoms with Gasteiger partial charge in [0.15, 0.2) is 17.0 Å². The Morgan fingerprint density at radius 2 is 1.69 bits per heavy atom. The largest absolute Gasteiger partial charge is 0.497 e. The number of rotatable bonds is 4. The van der Waals surface area contributed by atoms with Crippen LogP contribution < -0.4 is 15.0 Å². The van der Waals surface area contributed by atoms with Gasteiger partial charge in [-0.15, -0.1) is 0 Å². The van der Waals surface area contributed by atoms with Crippen molar-refractivity contribution in [3.8, 4) is 5.75 Å². The molecule has 134 valence electrons. The van der Waals surface area contributed by atoms with Gasteiger partial charge in [0.1, 0.15) is 5.75 Å². The van der Waals surface area contributed by atoms with Gasteiger partial charge in [-0.1, -0.05) is 0 Å². The van der Waals surface area contributed by atoms with Crippen LogP contribution in [0.5, 0.6) is 5.75 Å². The summed E-state index contributed by atoms with van der Waals surface area (Å²) in [6.07, 6.45) is 3.31. The molecule has 0 amide bonds. The fourth-order valence-corrected chi connectivity index (χ4v) is 2.90. The Kier molecular flexibility index (Phi) is 4.49. The molecular weight excluding hydrogens is 330 g/mol. The Labute approximate surface area is 151 Å². The maximum Gasteiger partial charge on any atom is 0.229 e. The molecule has 0 aliphatic carbocycles. The Morgan fingerprint density at radius 3 is 2.42 bits per heavy atom. The van der Waals surface area contributed by atoms with Crippen molar-refractivity contribution >= 4 is 28.6 Å². The second-order valence-electron chi connectivity index (χ2n) is 6.24. The first-order chi connectivity index (χ1) is 12.7. The first kappa shape index (κ1) is 16.5. The first-order valence-corrected chi connectivity index (χ1v) is 8.56. The fraction of sp³-hybridized carbons (Fsp3) is 0.333. The number of hydrogen-bond donors (Lipinski definition) is 1. The van der Waals surface area contributed by atoms with Gasteiger partial charge in [-0.05, 0) is 31.3 Å². The number of anilines is 3. The Balaban J connectivity index is 1.69. The van der Waals surface area contributed by atoms with Gasteiger partial charge in [-0.3, -0.25) is 0 Å². The van der Waals surface area contributed by atoms with Gasteiger partial charge < -0.3 is 19.9 Å². The van der Waals surface area contributed by atoms with Crippen LogP contribution in [0.4, 0.5) is 17.5 Å². The molecule has 0 atom stereocenters. The highest BCUT2D eigenvalue weighted by atomic mass is 16.5. The number of benzene rings is 1. The van der Waals surface area contributed by atoms with Crippen LogP contribution in [-0.4, -0.2) is 65.2 Å². The van der Waals surface area contributed by atoms with Crippen LogP contribution >= 0.6 is 0 Å². The molecule has 1 aromatic carbocycles. The number of nitrogens with zero attached hydrogens (tertiary/aromatic N) is 6. The molecule has 8 nitrogen and oxygen atoms in total. The molecule has 4 rings (SSSR count). The van der Waals surface area contributed by atoms with Gasteiger partial charge >= 0.3 is 0 Å². The van der Waals surface area contributed by atoms with E-state index in [4.69, 9.17) is 9.72 Å². The maximum absolute atomic E-state index is 5.21. The average Bonchev–Trinajstić information content (AvgIpc) is 2.69. The molecule has 1 aliphatic rings. The van der Waals surface area contributed by atoms with E-state index in [2.05, 4.69) is 37.1 Å². The summed E-state index contributed by atoms with van der Waals surface area (Å²) in [4.78, 5) is 22.6. The molecule has 1 fully saturated rings. The third-order valence-corrected chi connectivity index (χ3v) is 4.46. The van der Waals surface area contributed by atoms with Crippen molar-refractivity contribution in [2.24, 2.45) is 0 Å². The van der Waals surface area contributed by atoms with Gasteiger partial charge in [0.25, 0.3) is 0 Å². The predicted octanol–water partition coefficient (Wildman–Crippen LogP) is 1.92. The fourth-order valence-electron chi connectivity index (χ4n) is 2.90. The second-order valence-corrected chi connectivity index (χ2v) is 6.24. The monoisotopic (exact) mass is 351 g/mol. The third-order valence-electron chi connectivity index (χ3n) is 4.46. The summed E-state index contributed by atoms with van der Waals surface area (Å²) in [6.45, 7) is 3.76. The topological polar surface area (TPSA) is 79.3 Å². The molecule has 0 unspecified atom stereocenters. The Morgan fingerprint density at radius 1 is 0.962 bits per heavy atom. The zero-order valence-corrected chi connectivity index (χ0v) is 14.9.